The molecule has 0 aromatic rings. The Hall–Kier alpha value is -0.490. The molecule has 0 aromatic heterocycles. The molecule has 4 aliphatic rings. The highest BCUT2D eigenvalue weighted by molar-refractivity contribution is 5.85. The maximum atomic E-state index is 13.5. The van der Waals surface area contributed by atoms with Gasteiger partial charge in [0.1, 0.15) is 6.10 Å². The lowest BCUT2D eigenvalue weighted by molar-refractivity contribution is -0.0595. The summed E-state index contributed by atoms with van der Waals surface area (Å²) in [6.45, 7) is 20.7. The number of hydrogen-bond acceptors (Lipinski definition) is 4. The van der Waals surface area contributed by atoms with Crippen LogP contribution in [-0.4, -0.2) is 42.3 Å². The van der Waals surface area contributed by atoms with Crippen LogP contribution in [0.25, 0.3) is 0 Å². The van der Waals surface area contributed by atoms with E-state index in [9.17, 15) is 4.79 Å². The number of allylic oxidation sites excluding steroid dienone is 1. The molecule has 0 aliphatic heterocycles. The number of hydrogen-bond donors (Lipinski definition) is 2. The van der Waals surface area contributed by atoms with E-state index in [0.29, 0.717) is 18.0 Å². The fourth-order valence-electron chi connectivity index (χ4n) is 11.6. The van der Waals surface area contributed by atoms with Gasteiger partial charge in [0.2, 0.25) is 0 Å². The monoisotopic (exact) mass is 742 g/mol. The molecular weight excluding hydrogens is 661 g/mol. The van der Waals surface area contributed by atoms with Gasteiger partial charge in [-0.1, -0.05) is 91.7 Å². The van der Waals surface area contributed by atoms with E-state index < -0.39 is 0 Å². The van der Waals surface area contributed by atoms with E-state index in [2.05, 4.69) is 54.5 Å². The standard InChI is InChI=1S/C43H79N3O2.2ClH/c1-9-34(30(2)3)17-16-31(4)38-20-21-39-37-19-18-35-29-36(22-25-42(35,7)40(37)23-26-43(38,39)8)48-41(47)46(28-24-33(6)45)27-14-12-10-11-13-15-32(5)44;;/h18,30-34,36-40H,9-17,19-29,44-45H2,1-8H3;2*1H/t31-,32?,33?,34-,36?,37?,38?,39?,40?,42?,43?;;/m1../s1. The Morgan fingerprint density at radius 2 is 1.52 bits per heavy atom. The lowest BCUT2D eigenvalue weighted by atomic mass is 9.47. The van der Waals surface area contributed by atoms with Gasteiger partial charge in [0.25, 0.3) is 0 Å². The van der Waals surface area contributed by atoms with Gasteiger partial charge in [-0.05, 0) is 137 Å². The van der Waals surface area contributed by atoms with Crippen LogP contribution in [0.5, 0.6) is 0 Å². The lowest BCUT2D eigenvalue weighted by Gasteiger charge is -2.58. The van der Waals surface area contributed by atoms with Crippen molar-refractivity contribution in [3.63, 3.8) is 0 Å². The average molecular weight is 743 g/mol. The lowest BCUT2D eigenvalue weighted by Crippen LogP contribution is -2.51. The van der Waals surface area contributed by atoms with Crippen molar-refractivity contribution in [1.82, 2.24) is 4.90 Å². The van der Waals surface area contributed by atoms with E-state index in [1.807, 2.05) is 11.8 Å². The van der Waals surface area contributed by atoms with Crippen LogP contribution in [0.4, 0.5) is 4.79 Å². The Morgan fingerprint density at radius 3 is 2.18 bits per heavy atom. The number of unbranched alkanes of at least 4 members (excludes halogenated alkanes) is 4. The summed E-state index contributed by atoms with van der Waals surface area (Å²) >= 11 is 0. The smallest absolute Gasteiger partial charge is 0.410 e. The highest BCUT2D eigenvalue weighted by Crippen LogP contribution is 2.67. The predicted molar refractivity (Wildman–Crippen MR) is 218 cm³/mol. The van der Waals surface area contributed by atoms with Gasteiger partial charge in [-0.25, -0.2) is 4.79 Å². The highest BCUT2D eigenvalue weighted by atomic mass is 35.5. The van der Waals surface area contributed by atoms with Crippen molar-refractivity contribution in [2.75, 3.05) is 13.1 Å². The zero-order valence-corrected chi connectivity index (χ0v) is 35.4. The molecule has 0 aromatic carbocycles. The molecule has 50 heavy (non-hydrogen) atoms. The fraction of sp³-hybridized carbons (Fsp3) is 0.930. The molecule has 9 unspecified atom stereocenters. The molecule has 7 heteroatoms. The van der Waals surface area contributed by atoms with Gasteiger partial charge in [-0.15, -0.1) is 24.8 Å². The van der Waals surface area contributed by atoms with Crippen molar-refractivity contribution in [3.05, 3.63) is 11.6 Å². The topological polar surface area (TPSA) is 81.6 Å². The molecule has 0 spiro atoms. The van der Waals surface area contributed by atoms with Crippen LogP contribution >= 0.6 is 24.8 Å². The summed E-state index contributed by atoms with van der Waals surface area (Å²) in [7, 11) is 0. The van der Waals surface area contributed by atoms with Crippen molar-refractivity contribution in [3.8, 4) is 0 Å². The zero-order valence-electron chi connectivity index (χ0n) is 33.7. The number of amides is 1. The molecular formula is C43H81Cl2N3O2. The van der Waals surface area contributed by atoms with Crippen molar-refractivity contribution in [2.24, 2.45) is 63.7 Å². The largest absolute Gasteiger partial charge is 0.446 e. The SMILES string of the molecule is CC[C@H](CC[C@@H](C)C1CCC2C3CC=C4CC(OC(=O)N(CCCCCCCC(C)N)CCC(C)N)CCC4(C)C3CCC21C)C(C)C.Cl.Cl. The van der Waals surface area contributed by atoms with Crippen LogP contribution in [0.3, 0.4) is 0 Å². The van der Waals surface area contributed by atoms with Crippen molar-refractivity contribution < 1.29 is 9.53 Å². The van der Waals surface area contributed by atoms with E-state index in [1.165, 1.54) is 70.6 Å². The first kappa shape index (κ1) is 45.7. The molecule has 5 nitrogen and oxygen atoms in total. The highest BCUT2D eigenvalue weighted by Gasteiger charge is 2.59. The minimum Gasteiger partial charge on any atom is -0.446 e. The number of carbonyl (C=O) groups excluding carboxylic acids is 1. The van der Waals surface area contributed by atoms with Crippen LogP contribution < -0.4 is 11.5 Å². The molecule has 0 saturated heterocycles. The second-order valence-electron chi connectivity index (χ2n) is 18.5. The van der Waals surface area contributed by atoms with E-state index in [0.717, 1.165) is 92.9 Å². The summed E-state index contributed by atoms with van der Waals surface area (Å²) in [5.41, 5.74) is 14.4. The van der Waals surface area contributed by atoms with Crippen molar-refractivity contribution in [1.29, 1.82) is 0 Å². The van der Waals surface area contributed by atoms with Gasteiger partial charge in [0.15, 0.2) is 0 Å². The Bertz CT molecular complexity index is 1040. The zero-order chi connectivity index (χ0) is 35.1. The second kappa shape index (κ2) is 20.8. The number of carbonyl (C=O) groups is 1. The van der Waals surface area contributed by atoms with Crippen molar-refractivity contribution >= 4 is 30.9 Å². The normalized spacial score (nSPS) is 32.6. The average Bonchev–Trinajstić information content (AvgIpc) is 3.39. The molecule has 1 amide bonds. The molecule has 4 rings (SSSR count). The quantitative estimate of drug-likeness (QED) is 0.108. The summed E-state index contributed by atoms with van der Waals surface area (Å²) in [4.78, 5) is 15.5. The molecule has 3 fully saturated rings. The third kappa shape index (κ3) is 11.3. The number of ether oxygens (including phenoxy) is 1. The third-order valence-electron chi connectivity index (χ3n) is 14.7. The van der Waals surface area contributed by atoms with Gasteiger partial charge >= 0.3 is 6.09 Å². The van der Waals surface area contributed by atoms with Gasteiger partial charge < -0.3 is 21.1 Å². The summed E-state index contributed by atoms with van der Waals surface area (Å²) in [6.07, 6.45) is 24.4. The number of rotatable bonds is 18. The summed E-state index contributed by atoms with van der Waals surface area (Å²) < 4.78 is 6.32. The number of nitrogens with two attached hydrogens (primary N) is 2. The fourth-order valence-corrected chi connectivity index (χ4v) is 11.6. The van der Waals surface area contributed by atoms with Crippen LogP contribution in [0.1, 0.15) is 171 Å². The van der Waals surface area contributed by atoms with Crippen LogP contribution in [0.2, 0.25) is 0 Å². The Morgan fingerprint density at radius 1 is 0.840 bits per heavy atom. The Balaban J connectivity index is 0.00000433. The summed E-state index contributed by atoms with van der Waals surface area (Å²) in [5.74, 6) is 5.94. The number of halogens is 2. The second-order valence-corrected chi connectivity index (χ2v) is 18.5. The predicted octanol–water partition coefficient (Wildman–Crippen LogP) is 11.7. The number of fused-ring (bicyclic) bond motifs is 5. The first-order chi connectivity index (χ1) is 22.8. The first-order valence-electron chi connectivity index (χ1n) is 21.0. The molecule has 0 bridgehead atoms. The Kier molecular flexibility index (Phi) is 19.0. The van der Waals surface area contributed by atoms with Gasteiger partial charge in [0.05, 0.1) is 0 Å². The van der Waals surface area contributed by atoms with Crippen LogP contribution in [0.15, 0.2) is 11.6 Å². The number of nitrogens with zero attached hydrogens (tertiary/aromatic N) is 1. The minimum absolute atomic E-state index is 0. The van der Waals surface area contributed by atoms with Gasteiger partial charge in [-0.2, -0.15) is 0 Å². The molecule has 294 valence electrons. The maximum Gasteiger partial charge on any atom is 0.410 e. The maximum absolute atomic E-state index is 13.5. The molecule has 0 heterocycles. The molecule has 4 aliphatic carbocycles. The molecule has 0 radical (unpaired) electrons. The molecule has 11 atom stereocenters. The van der Waals surface area contributed by atoms with Gasteiger partial charge in [-0.3, -0.25) is 0 Å². The minimum atomic E-state index is -0.117. The van der Waals surface area contributed by atoms with Crippen molar-refractivity contribution in [2.45, 2.75) is 189 Å². The Labute approximate surface area is 321 Å². The molecule has 3 saturated carbocycles. The van der Waals surface area contributed by atoms with E-state index in [-0.39, 0.29) is 48.5 Å². The van der Waals surface area contributed by atoms with E-state index >= 15 is 0 Å². The van der Waals surface area contributed by atoms with E-state index in [1.54, 1.807) is 5.57 Å². The summed E-state index contributed by atoms with van der Waals surface area (Å²) in [5, 5.41) is 0. The van der Waals surface area contributed by atoms with Gasteiger partial charge in [0, 0.05) is 31.6 Å². The van der Waals surface area contributed by atoms with E-state index in [4.69, 9.17) is 16.2 Å². The first-order valence-corrected chi connectivity index (χ1v) is 21.0. The van der Waals surface area contributed by atoms with Crippen LogP contribution in [-0.2, 0) is 4.74 Å². The van der Waals surface area contributed by atoms with Crippen LogP contribution in [0, 0.1) is 52.3 Å². The summed E-state index contributed by atoms with van der Waals surface area (Å²) in [6, 6.07) is 0.380. The molecule has 4 N–H and O–H groups in total. The third-order valence-corrected chi connectivity index (χ3v) is 14.7.